The minimum atomic E-state index is -0.977. The normalized spacial score (nSPS) is 13.2. The third-order valence-electron chi connectivity index (χ3n) is 5.17. The van der Waals surface area contributed by atoms with Crippen molar-refractivity contribution in [3.05, 3.63) is 65.7 Å². The number of carboxylic acid groups (broad SMARTS) is 1. The second kappa shape index (κ2) is 27.4. The lowest BCUT2D eigenvalue weighted by atomic mass is 10.1. The number of aliphatic hydroxyl groups is 1. The fourth-order valence-electron chi connectivity index (χ4n) is 3.12. The molecule has 8 heteroatoms. The average molecular weight is 536 g/mol. The summed E-state index contributed by atoms with van der Waals surface area (Å²) in [4.78, 5) is 12.6. The molecule has 0 saturated carbocycles. The van der Waals surface area contributed by atoms with Gasteiger partial charge in [0.2, 0.25) is 0 Å². The second-order valence-corrected chi connectivity index (χ2v) is 7.97. The number of nitrogens with zero attached hydrogens (tertiary/aromatic N) is 1. The molecule has 3 rings (SSSR count). The van der Waals surface area contributed by atoms with Crippen LogP contribution in [0.4, 0.5) is 4.79 Å². The molecule has 1 aliphatic rings. The Morgan fingerprint density at radius 2 is 1.63 bits per heavy atom. The molecule has 38 heavy (non-hydrogen) atoms. The molecule has 1 heterocycles. The van der Waals surface area contributed by atoms with Gasteiger partial charge in [-0.2, -0.15) is 0 Å². The highest BCUT2D eigenvalue weighted by Crippen LogP contribution is 2.09. The van der Waals surface area contributed by atoms with Gasteiger partial charge in [0.1, 0.15) is 5.75 Å². The number of hydrogen-bond donors (Lipinski definition) is 4. The Hall–Kier alpha value is -2.65. The van der Waals surface area contributed by atoms with Crippen LogP contribution in [0.15, 0.2) is 54.6 Å². The molecule has 0 aromatic heterocycles. The lowest BCUT2D eigenvalue weighted by molar-refractivity contribution is 0.147. The molecule has 1 amide bonds. The fraction of sp³-hybridized carbons (Fsp3) is 0.567. The minimum absolute atomic E-state index is 0.0648. The highest BCUT2D eigenvalue weighted by Gasteiger charge is 2.08. The molecular formula is C30H53N3O5. The first kappa shape index (κ1) is 37.5. The van der Waals surface area contributed by atoms with E-state index in [2.05, 4.69) is 34.6 Å². The molecule has 2 aromatic rings. The van der Waals surface area contributed by atoms with Gasteiger partial charge in [0.05, 0.1) is 19.8 Å². The van der Waals surface area contributed by atoms with Gasteiger partial charge in [0.15, 0.2) is 0 Å². The van der Waals surface area contributed by atoms with Gasteiger partial charge >= 0.3 is 6.09 Å². The highest BCUT2D eigenvalue weighted by atomic mass is 16.5. The molecule has 4 N–H and O–H groups in total. The lowest BCUT2D eigenvalue weighted by Crippen LogP contribution is -2.37. The average Bonchev–Trinajstić information content (AvgIpc) is 3.44. The number of ether oxygens (including phenoxy) is 2. The third-order valence-corrected chi connectivity index (χ3v) is 5.17. The van der Waals surface area contributed by atoms with E-state index in [1.807, 2.05) is 70.2 Å². The molecule has 0 radical (unpaired) electrons. The quantitative estimate of drug-likeness (QED) is 0.345. The fourth-order valence-corrected chi connectivity index (χ4v) is 3.12. The Balaban J connectivity index is 0. The molecule has 1 fully saturated rings. The maximum absolute atomic E-state index is 10.4. The van der Waals surface area contributed by atoms with Gasteiger partial charge in [-0.3, -0.25) is 4.90 Å². The van der Waals surface area contributed by atoms with E-state index in [9.17, 15) is 4.79 Å². The summed E-state index contributed by atoms with van der Waals surface area (Å²) in [6, 6.07) is 18.2. The second-order valence-electron chi connectivity index (χ2n) is 7.97. The number of aryl methyl sites for hydroxylation is 1. The van der Waals surface area contributed by atoms with Gasteiger partial charge in [0, 0.05) is 39.8 Å². The third kappa shape index (κ3) is 22.5. The number of amides is 1. The van der Waals surface area contributed by atoms with E-state index in [4.69, 9.17) is 19.7 Å². The van der Waals surface area contributed by atoms with Crippen molar-refractivity contribution >= 4 is 6.09 Å². The molecule has 8 nitrogen and oxygen atoms in total. The van der Waals surface area contributed by atoms with E-state index in [0.717, 1.165) is 44.8 Å². The van der Waals surface area contributed by atoms with Crippen LogP contribution in [0.5, 0.6) is 5.75 Å². The monoisotopic (exact) mass is 535 g/mol. The Labute approximate surface area is 231 Å². The number of rotatable bonds is 10. The van der Waals surface area contributed by atoms with Crippen LogP contribution in [0.2, 0.25) is 0 Å². The first-order valence-electron chi connectivity index (χ1n) is 13.7. The van der Waals surface area contributed by atoms with Crippen LogP contribution in [0, 0.1) is 6.92 Å². The summed E-state index contributed by atoms with van der Waals surface area (Å²) in [5.41, 5.74) is 2.55. The highest BCUT2D eigenvalue weighted by molar-refractivity contribution is 5.64. The number of methoxy groups -OCH3 is 2. The predicted octanol–water partition coefficient (Wildman–Crippen LogP) is 4.84. The maximum atomic E-state index is 10.4. The summed E-state index contributed by atoms with van der Waals surface area (Å²) in [5.74, 6) is 0.917. The molecule has 1 saturated heterocycles. The van der Waals surface area contributed by atoms with Crippen molar-refractivity contribution in [2.75, 3.05) is 60.1 Å². The summed E-state index contributed by atoms with van der Waals surface area (Å²) in [5, 5.41) is 22.6. The summed E-state index contributed by atoms with van der Waals surface area (Å²) in [6.07, 6.45) is 0.845. The molecule has 1 unspecified atom stereocenters. The SMILES string of the molecule is CC.CC.COCCN(CCNC(=O)O)CCc1ccccc1.COc1ccc(C)cc1.OC1CCNC1. The first-order chi connectivity index (χ1) is 18.4. The van der Waals surface area contributed by atoms with Crippen LogP contribution in [0.1, 0.15) is 45.2 Å². The summed E-state index contributed by atoms with van der Waals surface area (Å²) in [6.45, 7) is 15.3. The van der Waals surface area contributed by atoms with E-state index in [1.54, 1.807) is 14.2 Å². The Bertz CT molecular complexity index is 754. The largest absolute Gasteiger partial charge is 0.497 e. The molecule has 0 bridgehead atoms. The van der Waals surface area contributed by atoms with Gasteiger partial charge in [-0.25, -0.2) is 4.79 Å². The van der Waals surface area contributed by atoms with Crippen LogP contribution in [-0.2, 0) is 11.2 Å². The number of carbonyl (C=O) groups is 1. The molecular weight excluding hydrogens is 482 g/mol. The number of benzene rings is 2. The molecule has 1 aliphatic heterocycles. The summed E-state index contributed by atoms with van der Waals surface area (Å²) >= 11 is 0. The number of aliphatic hydroxyl groups excluding tert-OH is 1. The van der Waals surface area contributed by atoms with Crippen molar-refractivity contribution in [1.82, 2.24) is 15.5 Å². The van der Waals surface area contributed by atoms with E-state index < -0.39 is 6.09 Å². The minimum Gasteiger partial charge on any atom is -0.497 e. The Kier molecular flexibility index (Phi) is 27.0. The van der Waals surface area contributed by atoms with E-state index in [1.165, 1.54) is 11.1 Å². The zero-order valence-corrected chi connectivity index (χ0v) is 24.7. The van der Waals surface area contributed by atoms with Crippen LogP contribution >= 0.6 is 0 Å². The molecule has 218 valence electrons. The van der Waals surface area contributed by atoms with Crippen molar-refractivity contribution in [2.24, 2.45) is 0 Å². The number of nitrogens with one attached hydrogen (secondary N) is 2. The van der Waals surface area contributed by atoms with Crippen LogP contribution in [0.3, 0.4) is 0 Å². The molecule has 0 aliphatic carbocycles. The van der Waals surface area contributed by atoms with Crippen LogP contribution in [0.25, 0.3) is 0 Å². The van der Waals surface area contributed by atoms with Gasteiger partial charge in [-0.15, -0.1) is 0 Å². The topological polar surface area (TPSA) is 103 Å². The lowest BCUT2D eigenvalue weighted by Gasteiger charge is -2.21. The van der Waals surface area contributed by atoms with Crippen molar-refractivity contribution in [3.63, 3.8) is 0 Å². The van der Waals surface area contributed by atoms with Crippen LogP contribution < -0.4 is 15.4 Å². The van der Waals surface area contributed by atoms with E-state index >= 15 is 0 Å². The number of β-amino-alcohol motifs (C(OH)–C–C–N with tert-alkyl or cyclic N) is 1. The Morgan fingerprint density at radius 1 is 1.00 bits per heavy atom. The molecule has 2 aromatic carbocycles. The molecule has 1 atom stereocenters. The smallest absolute Gasteiger partial charge is 0.404 e. The molecule has 0 spiro atoms. The zero-order valence-electron chi connectivity index (χ0n) is 24.7. The summed E-state index contributed by atoms with van der Waals surface area (Å²) < 4.78 is 10.0. The van der Waals surface area contributed by atoms with E-state index in [-0.39, 0.29) is 6.10 Å². The zero-order chi connectivity index (χ0) is 29.0. The van der Waals surface area contributed by atoms with Gasteiger partial charge < -0.3 is 30.3 Å². The summed E-state index contributed by atoms with van der Waals surface area (Å²) in [7, 11) is 3.34. The van der Waals surface area contributed by atoms with Crippen molar-refractivity contribution < 1.29 is 24.5 Å². The maximum Gasteiger partial charge on any atom is 0.404 e. The van der Waals surface area contributed by atoms with E-state index in [0.29, 0.717) is 19.7 Å². The van der Waals surface area contributed by atoms with Crippen molar-refractivity contribution in [2.45, 2.75) is 53.6 Å². The van der Waals surface area contributed by atoms with Gasteiger partial charge in [-0.1, -0.05) is 75.7 Å². The van der Waals surface area contributed by atoms with Crippen LogP contribution in [-0.4, -0.2) is 87.4 Å². The van der Waals surface area contributed by atoms with Crippen molar-refractivity contribution in [3.8, 4) is 5.75 Å². The Morgan fingerprint density at radius 3 is 2.08 bits per heavy atom. The predicted molar refractivity (Wildman–Crippen MR) is 158 cm³/mol. The number of hydrogen-bond acceptors (Lipinski definition) is 6. The van der Waals surface area contributed by atoms with Gasteiger partial charge in [0.25, 0.3) is 0 Å². The standard InChI is InChI=1S/C14H22N2O3.C8H10O.C4H9NO.2C2H6/c1-19-12-11-16(10-8-15-14(17)18)9-7-13-5-3-2-4-6-13;1-7-3-5-8(9-2)6-4-7;6-4-1-2-5-3-4;2*1-2/h2-6,15H,7-12H2,1H3,(H,17,18);3-6H,1-2H3;4-6H,1-3H2;2*1-2H3. The van der Waals surface area contributed by atoms with Crippen molar-refractivity contribution in [1.29, 1.82) is 0 Å². The first-order valence-corrected chi connectivity index (χ1v) is 13.7. The van der Waals surface area contributed by atoms with Gasteiger partial charge in [-0.05, 0) is 44.0 Å².